The standard InChI is InChI=1S/C27H28N4S/c1-20-15-22(9-10-25(20)31-12-5-6-13-31)17-29-27-24(16-28)23-11-14-30(19-26(23)32-27)18-21-7-3-2-4-8-21/h2-4,7-10,15,17H,5-6,11-14,18-19H2,1H3. The fourth-order valence-corrected chi connectivity index (χ4v) is 6.01. The van der Waals surface area contributed by atoms with E-state index in [0.717, 1.165) is 55.3 Å². The molecule has 3 heterocycles. The van der Waals surface area contributed by atoms with Crippen molar-refractivity contribution < 1.29 is 0 Å². The van der Waals surface area contributed by atoms with Crippen LogP contribution in [0.25, 0.3) is 0 Å². The molecular weight excluding hydrogens is 412 g/mol. The lowest BCUT2D eigenvalue weighted by molar-refractivity contribution is 0.249. The fraction of sp³-hybridized carbons (Fsp3) is 0.333. The van der Waals surface area contributed by atoms with Crippen molar-refractivity contribution in [3.05, 3.63) is 81.2 Å². The second-order valence-electron chi connectivity index (χ2n) is 8.74. The van der Waals surface area contributed by atoms with Crippen molar-refractivity contribution in [2.45, 2.75) is 39.3 Å². The number of thiophene rings is 1. The van der Waals surface area contributed by atoms with Crippen LogP contribution in [0.4, 0.5) is 10.7 Å². The van der Waals surface area contributed by atoms with Crippen LogP contribution in [0.1, 0.15) is 45.5 Å². The third-order valence-electron chi connectivity index (χ3n) is 6.48. The van der Waals surface area contributed by atoms with Crippen molar-refractivity contribution in [3.8, 4) is 6.07 Å². The zero-order valence-corrected chi connectivity index (χ0v) is 19.4. The van der Waals surface area contributed by atoms with Gasteiger partial charge in [0, 0.05) is 49.5 Å². The maximum Gasteiger partial charge on any atom is 0.134 e. The molecule has 0 unspecified atom stereocenters. The summed E-state index contributed by atoms with van der Waals surface area (Å²) in [5.74, 6) is 0. The van der Waals surface area contributed by atoms with Gasteiger partial charge in [-0.1, -0.05) is 36.4 Å². The van der Waals surface area contributed by atoms with Crippen LogP contribution in [0, 0.1) is 18.3 Å². The van der Waals surface area contributed by atoms with Gasteiger partial charge in [0.05, 0.1) is 5.56 Å². The molecule has 5 rings (SSSR count). The van der Waals surface area contributed by atoms with Crippen LogP contribution in [0.5, 0.6) is 0 Å². The highest BCUT2D eigenvalue weighted by atomic mass is 32.1. The predicted octanol–water partition coefficient (Wildman–Crippen LogP) is 5.84. The first kappa shape index (κ1) is 20.9. The molecule has 3 aromatic rings. The molecule has 0 bridgehead atoms. The second kappa shape index (κ2) is 9.28. The number of fused-ring (bicyclic) bond motifs is 1. The van der Waals surface area contributed by atoms with E-state index >= 15 is 0 Å². The summed E-state index contributed by atoms with van der Waals surface area (Å²) in [4.78, 5) is 11.0. The molecule has 2 aliphatic rings. The summed E-state index contributed by atoms with van der Waals surface area (Å²) >= 11 is 1.68. The Kier molecular flexibility index (Phi) is 6.07. The highest BCUT2D eigenvalue weighted by Crippen LogP contribution is 2.38. The van der Waals surface area contributed by atoms with E-state index in [4.69, 9.17) is 4.99 Å². The van der Waals surface area contributed by atoms with Gasteiger partial charge in [-0.2, -0.15) is 5.26 Å². The number of hydrogen-bond acceptors (Lipinski definition) is 5. The summed E-state index contributed by atoms with van der Waals surface area (Å²) in [5.41, 5.74) is 7.02. The van der Waals surface area contributed by atoms with E-state index < -0.39 is 0 Å². The van der Waals surface area contributed by atoms with Crippen LogP contribution in [0.15, 0.2) is 53.5 Å². The number of rotatable bonds is 5. The molecule has 0 spiro atoms. The SMILES string of the molecule is Cc1cc(C=Nc2sc3c(c2C#N)CCN(Cc2ccccc2)C3)ccc1N1CCCC1. The van der Waals surface area contributed by atoms with Crippen molar-refractivity contribution in [2.75, 3.05) is 24.5 Å². The Balaban J connectivity index is 1.33. The van der Waals surface area contributed by atoms with Crippen LogP contribution >= 0.6 is 11.3 Å². The molecule has 2 aromatic carbocycles. The third-order valence-corrected chi connectivity index (χ3v) is 7.60. The molecular formula is C27H28N4S. The average molecular weight is 441 g/mol. The summed E-state index contributed by atoms with van der Waals surface area (Å²) in [7, 11) is 0. The number of nitrogens with zero attached hydrogens (tertiary/aromatic N) is 4. The first-order valence-electron chi connectivity index (χ1n) is 11.4. The van der Waals surface area contributed by atoms with Crippen molar-refractivity contribution >= 4 is 28.2 Å². The molecule has 1 aromatic heterocycles. The van der Waals surface area contributed by atoms with E-state index in [1.165, 1.54) is 40.1 Å². The lowest BCUT2D eigenvalue weighted by Gasteiger charge is -2.26. The summed E-state index contributed by atoms with van der Waals surface area (Å²) in [6, 6.07) is 19.6. The summed E-state index contributed by atoms with van der Waals surface area (Å²) in [5, 5.41) is 10.7. The molecule has 0 N–H and O–H groups in total. The Hall–Kier alpha value is -2.94. The quantitative estimate of drug-likeness (QED) is 0.468. The van der Waals surface area contributed by atoms with Gasteiger partial charge in [-0.3, -0.25) is 4.90 Å². The van der Waals surface area contributed by atoms with E-state index in [2.05, 4.69) is 71.3 Å². The Labute approximate surface area is 194 Å². The fourth-order valence-electron chi connectivity index (χ4n) is 4.83. The molecule has 1 saturated heterocycles. The highest BCUT2D eigenvalue weighted by Gasteiger charge is 2.24. The van der Waals surface area contributed by atoms with Gasteiger partial charge in [0.2, 0.25) is 0 Å². The Morgan fingerprint density at radius 3 is 2.66 bits per heavy atom. The number of aliphatic imine (C=N–C) groups is 1. The number of aryl methyl sites for hydroxylation is 1. The average Bonchev–Trinajstić information content (AvgIpc) is 3.46. The van der Waals surface area contributed by atoms with Crippen molar-refractivity contribution in [1.82, 2.24) is 4.90 Å². The molecule has 0 saturated carbocycles. The van der Waals surface area contributed by atoms with Crippen LogP contribution in [0.3, 0.4) is 0 Å². The number of anilines is 1. The number of nitriles is 1. The summed E-state index contributed by atoms with van der Waals surface area (Å²) in [6.45, 7) is 7.30. The largest absolute Gasteiger partial charge is 0.371 e. The molecule has 0 radical (unpaired) electrons. The van der Waals surface area contributed by atoms with Crippen LogP contribution < -0.4 is 4.90 Å². The molecule has 0 atom stereocenters. The highest BCUT2D eigenvalue weighted by molar-refractivity contribution is 7.16. The van der Waals surface area contributed by atoms with Gasteiger partial charge < -0.3 is 4.90 Å². The van der Waals surface area contributed by atoms with E-state index in [1.54, 1.807) is 11.3 Å². The number of hydrogen-bond donors (Lipinski definition) is 0. The number of benzene rings is 2. The topological polar surface area (TPSA) is 42.6 Å². The van der Waals surface area contributed by atoms with Crippen molar-refractivity contribution in [3.63, 3.8) is 0 Å². The van der Waals surface area contributed by atoms with E-state index in [9.17, 15) is 5.26 Å². The molecule has 32 heavy (non-hydrogen) atoms. The minimum absolute atomic E-state index is 0.769. The van der Waals surface area contributed by atoms with E-state index in [0.29, 0.717) is 0 Å². The summed E-state index contributed by atoms with van der Waals surface area (Å²) < 4.78 is 0. The summed E-state index contributed by atoms with van der Waals surface area (Å²) in [6.07, 6.45) is 5.40. The van der Waals surface area contributed by atoms with Gasteiger partial charge >= 0.3 is 0 Å². The zero-order chi connectivity index (χ0) is 21.9. The van der Waals surface area contributed by atoms with Crippen molar-refractivity contribution in [2.24, 2.45) is 4.99 Å². The third kappa shape index (κ3) is 4.34. The van der Waals surface area contributed by atoms with Crippen molar-refractivity contribution in [1.29, 1.82) is 5.26 Å². The van der Waals surface area contributed by atoms with E-state index in [-0.39, 0.29) is 0 Å². The maximum atomic E-state index is 9.83. The Morgan fingerprint density at radius 2 is 1.91 bits per heavy atom. The Morgan fingerprint density at radius 1 is 1.09 bits per heavy atom. The zero-order valence-electron chi connectivity index (χ0n) is 18.6. The van der Waals surface area contributed by atoms with Gasteiger partial charge in [-0.15, -0.1) is 11.3 Å². The second-order valence-corrected chi connectivity index (χ2v) is 9.82. The molecule has 1 fully saturated rings. The first-order valence-corrected chi connectivity index (χ1v) is 12.2. The minimum atomic E-state index is 0.769. The lowest BCUT2D eigenvalue weighted by atomic mass is 10.0. The van der Waals surface area contributed by atoms with Crippen LogP contribution in [-0.4, -0.2) is 30.7 Å². The predicted molar refractivity (Wildman–Crippen MR) is 133 cm³/mol. The monoisotopic (exact) mass is 440 g/mol. The van der Waals surface area contributed by atoms with Gasteiger partial charge in [0.1, 0.15) is 11.1 Å². The van der Waals surface area contributed by atoms with Gasteiger partial charge in [0.25, 0.3) is 0 Å². The molecule has 2 aliphatic heterocycles. The molecule has 0 amide bonds. The molecule has 5 heteroatoms. The minimum Gasteiger partial charge on any atom is -0.371 e. The van der Waals surface area contributed by atoms with E-state index in [1.807, 2.05) is 6.21 Å². The first-order chi connectivity index (χ1) is 15.7. The van der Waals surface area contributed by atoms with Gasteiger partial charge in [0.15, 0.2) is 0 Å². The van der Waals surface area contributed by atoms with Crippen LogP contribution in [0.2, 0.25) is 0 Å². The van der Waals surface area contributed by atoms with Gasteiger partial charge in [-0.25, -0.2) is 4.99 Å². The maximum absolute atomic E-state index is 9.83. The van der Waals surface area contributed by atoms with Gasteiger partial charge in [-0.05, 0) is 60.6 Å². The smallest absolute Gasteiger partial charge is 0.134 e. The lowest BCUT2D eigenvalue weighted by Crippen LogP contribution is -2.29. The molecule has 4 nitrogen and oxygen atoms in total. The normalized spacial score (nSPS) is 16.4. The molecule has 162 valence electrons. The van der Waals surface area contributed by atoms with Crippen LogP contribution in [-0.2, 0) is 19.5 Å². The molecule has 0 aliphatic carbocycles. The Bertz CT molecular complexity index is 1170.